The summed E-state index contributed by atoms with van der Waals surface area (Å²) < 4.78 is 3.97. The second-order valence-corrected chi connectivity index (χ2v) is 1.09. The van der Waals surface area contributed by atoms with Gasteiger partial charge in [-0.1, -0.05) is 0 Å². The van der Waals surface area contributed by atoms with Gasteiger partial charge in [-0.3, -0.25) is 9.59 Å². The van der Waals surface area contributed by atoms with Crippen LogP contribution in [0.25, 0.3) is 0 Å². The van der Waals surface area contributed by atoms with Gasteiger partial charge in [0.25, 0.3) is 0 Å². The van der Waals surface area contributed by atoms with Gasteiger partial charge in [-0.05, 0) is 0 Å². The first-order valence-electron chi connectivity index (χ1n) is 1.82. The van der Waals surface area contributed by atoms with Gasteiger partial charge in [0.1, 0.15) is 0 Å². The fourth-order valence-corrected chi connectivity index (χ4v) is 0.202. The first kappa shape index (κ1) is 10.7. The standard InChI is InChI=1S/C4H6O3.Zn/c1-3(5)7-4(2)6;/h1-2H3;/q;+2. The van der Waals surface area contributed by atoms with Crippen molar-refractivity contribution in [2.75, 3.05) is 0 Å². The Labute approximate surface area is 60.2 Å². The minimum Gasteiger partial charge on any atom is -0.394 e. The molecule has 0 radical (unpaired) electrons. The molecule has 0 saturated carbocycles. The van der Waals surface area contributed by atoms with Crippen molar-refractivity contribution in [1.82, 2.24) is 0 Å². The zero-order valence-electron chi connectivity index (χ0n) is 4.93. The van der Waals surface area contributed by atoms with E-state index >= 15 is 0 Å². The maximum Gasteiger partial charge on any atom is 2.00 e. The van der Waals surface area contributed by atoms with Crippen molar-refractivity contribution in [3.63, 3.8) is 0 Å². The SMILES string of the molecule is CC(=O)OC(C)=O.[Zn+2]. The summed E-state index contributed by atoms with van der Waals surface area (Å²) in [6, 6.07) is 0. The molecule has 0 N–H and O–H groups in total. The summed E-state index contributed by atoms with van der Waals surface area (Å²) in [5.41, 5.74) is 0. The average molecular weight is 167 g/mol. The Hall–Kier alpha value is -0.237. The first-order chi connectivity index (χ1) is 3.13. The van der Waals surface area contributed by atoms with E-state index in [0.717, 1.165) is 0 Å². The van der Waals surface area contributed by atoms with Crippen LogP contribution in [0.4, 0.5) is 0 Å². The van der Waals surface area contributed by atoms with Gasteiger partial charge in [0.05, 0.1) is 0 Å². The summed E-state index contributed by atoms with van der Waals surface area (Å²) >= 11 is 0. The topological polar surface area (TPSA) is 43.4 Å². The third-order valence-electron chi connectivity index (χ3n) is 0.287. The van der Waals surface area contributed by atoms with Crippen LogP contribution in [0.5, 0.6) is 0 Å². The van der Waals surface area contributed by atoms with Gasteiger partial charge in [0.15, 0.2) is 0 Å². The number of carbonyl (C=O) groups is 2. The van der Waals surface area contributed by atoms with E-state index in [2.05, 4.69) is 4.74 Å². The van der Waals surface area contributed by atoms with Crippen LogP contribution in [-0.4, -0.2) is 11.9 Å². The number of esters is 2. The van der Waals surface area contributed by atoms with Gasteiger partial charge in [-0.25, -0.2) is 0 Å². The Morgan fingerprint density at radius 1 is 1.12 bits per heavy atom. The summed E-state index contributed by atoms with van der Waals surface area (Å²) in [5.74, 6) is -1.12. The molecule has 0 fully saturated rings. The summed E-state index contributed by atoms with van der Waals surface area (Å²) in [4.78, 5) is 19.6. The minimum absolute atomic E-state index is 0. The van der Waals surface area contributed by atoms with Crippen molar-refractivity contribution in [3.05, 3.63) is 0 Å². The number of hydrogen-bond acceptors (Lipinski definition) is 3. The van der Waals surface area contributed by atoms with E-state index in [4.69, 9.17) is 0 Å². The molecule has 0 bridgehead atoms. The largest absolute Gasteiger partial charge is 2.00 e. The van der Waals surface area contributed by atoms with Crippen molar-refractivity contribution < 1.29 is 33.8 Å². The molecule has 40 valence electrons. The predicted molar refractivity (Wildman–Crippen MR) is 22.4 cm³/mol. The van der Waals surface area contributed by atoms with E-state index in [-0.39, 0.29) is 19.5 Å². The summed E-state index contributed by atoms with van der Waals surface area (Å²) in [6.07, 6.45) is 0. The van der Waals surface area contributed by atoms with E-state index in [0.29, 0.717) is 0 Å². The molecular weight excluding hydrogens is 161 g/mol. The number of ether oxygens (including phenoxy) is 1. The molecule has 0 heterocycles. The number of carbonyl (C=O) groups excluding carboxylic acids is 2. The van der Waals surface area contributed by atoms with Crippen LogP contribution >= 0.6 is 0 Å². The zero-order chi connectivity index (χ0) is 5.86. The van der Waals surface area contributed by atoms with Crippen LogP contribution in [0, 0.1) is 0 Å². The Balaban J connectivity index is 0. The Morgan fingerprint density at radius 3 is 1.38 bits per heavy atom. The smallest absolute Gasteiger partial charge is 0.394 e. The summed E-state index contributed by atoms with van der Waals surface area (Å²) in [7, 11) is 0. The summed E-state index contributed by atoms with van der Waals surface area (Å²) in [5, 5.41) is 0. The van der Waals surface area contributed by atoms with E-state index in [1.165, 1.54) is 13.8 Å². The molecule has 0 rings (SSSR count). The van der Waals surface area contributed by atoms with Gasteiger partial charge in [0.2, 0.25) is 0 Å². The molecular formula is C4H6O3Zn+2. The summed E-state index contributed by atoms with van der Waals surface area (Å²) in [6.45, 7) is 2.36. The van der Waals surface area contributed by atoms with E-state index in [1.807, 2.05) is 0 Å². The maximum absolute atomic E-state index is 9.81. The van der Waals surface area contributed by atoms with Crippen LogP contribution in [0.15, 0.2) is 0 Å². The Morgan fingerprint density at radius 2 is 1.38 bits per heavy atom. The van der Waals surface area contributed by atoms with Crippen LogP contribution in [0.3, 0.4) is 0 Å². The first-order valence-corrected chi connectivity index (χ1v) is 1.82. The maximum atomic E-state index is 9.81. The van der Waals surface area contributed by atoms with Crippen LogP contribution in [0.1, 0.15) is 13.8 Å². The second kappa shape index (κ2) is 4.91. The van der Waals surface area contributed by atoms with E-state index < -0.39 is 11.9 Å². The van der Waals surface area contributed by atoms with Crippen LogP contribution < -0.4 is 0 Å². The average Bonchev–Trinajstić information content (AvgIpc) is 1.27. The van der Waals surface area contributed by atoms with Crippen molar-refractivity contribution in [2.24, 2.45) is 0 Å². The van der Waals surface area contributed by atoms with Crippen molar-refractivity contribution >= 4 is 11.9 Å². The third-order valence-corrected chi connectivity index (χ3v) is 0.287. The number of hydrogen-bond donors (Lipinski definition) is 0. The molecule has 0 saturated heterocycles. The molecule has 8 heavy (non-hydrogen) atoms. The van der Waals surface area contributed by atoms with Gasteiger partial charge in [-0.15, -0.1) is 0 Å². The molecule has 0 aliphatic carbocycles. The van der Waals surface area contributed by atoms with Gasteiger partial charge in [0, 0.05) is 13.8 Å². The van der Waals surface area contributed by atoms with Gasteiger partial charge in [-0.2, -0.15) is 0 Å². The molecule has 0 aromatic carbocycles. The normalized spacial score (nSPS) is 6.75. The third kappa shape index (κ3) is 9.23. The quantitative estimate of drug-likeness (QED) is 0.292. The van der Waals surface area contributed by atoms with Crippen molar-refractivity contribution in [3.8, 4) is 0 Å². The molecule has 0 spiro atoms. The fourth-order valence-electron chi connectivity index (χ4n) is 0.202. The molecule has 0 aromatic heterocycles. The van der Waals surface area contributed by atoms with Crippen molar-refractivity contribution in [1.29, 1.82) is 0 Å². The second-order valence-electron chi connectivity index (χ2n) is 1.09. The molecule has 4 heteroatoms. The predicted octanol–water partition coefficient (Wildman–Crippen LogP) is 0.0935. The molecule has 0 amide bonds. The molecule has 0 aromatic rings. The molecule has 0 atom stereocenters. The van der Waals surface area contributed by atoms with Gasteiger partial charge < -0.3 is 4.74 Å². The Bertz CT molecular complexity index is 87.5. The molecule has 0 unspecified atom stereocenters. The zero-order valence-corrected chi connectivity index (χ0v) is 7.90. The van der Waals surface area contributed by atoms with E-state index in [1.54, 1.807) is 0 Å². The Kier molecular flexibility index (Phi) is 6.56. The van der Waals surface area contributed by atoms with Crippen LogP contribution in [-0.2, 0) is 33.8 Å². The van der Waals surface area contributed by atoms with E-state index in [9.17, 15) is 9.59 Å². The monoisotopic (exact) mass is 166 g/mol. The molecule has 0 aliphatic heterocycles. The molecule has 0 aliphatic rings. The molecule has 3 nitrogen and oxygen atoms in total. The van der Waals surface area contributed by atoms with Crippen molar-refractivity contribution in [2.45, 2.75) is 13.8 Å². The minimum atomic E-state index is -0.562. The fraction of sp³-hybridized carbons (Fsp3) is 0.500. The van der Waals surface area contributed by atoms with Crippen LogP contribution in [0.2, 0.25) is 0 Å². The van der Waals surface area contributed by atoms with Gasteiger partial charge >= 0.3 is 31.4 Å². The number of rotatable bonds is 0.